The number of nitriles is 1. The third-order valence-corrected chi connectivity index (χ3v) is 6.88. The van der Waals surface area contributed by atoms with Gasteiger partial charge in [0.2, 0.25) is 0 Å². The van der Waals surface area contributed by atoms with Gasteiger partial charge in [-0.15, -0.1) is 0 Å². The summed E-state index contributed by atoms with van der Waals surface area (Å²) in [5.41, 5.74) is 7.12. The molecule has 0 unspecified atom stereocenters. The zero-order valence-corrected chi connectivity index (χ0v) is 22.8. The number of rotatable bonds is 11. The highest BCUT2D eigenvalue weighted by Crippen LogP contribution is 2.30. The van der Waals surface area contributed by atoms with Crippen molar-refractivity contribution >= 4 is 17.6 Å². The van der Waals surface area contributed by atoms with E-state index in [9.17, 15) is 25.1 Å². The second kappa shape index (κ2) is 13.4. The average molecular weight is 550 g/mol. The summed E-state index contributed by atoms with van der Waals surface area (Å²) in [5.74, 6) is -1.60. The van der Waals surface area contributed by atoms with Gasteiger partial charge < -0.3 is 20.3 Å². The number of esters is 1. The largest absolute Gasteiger partial charge is 0.480 e. The molecule has 0 aliphatic carbocycles. The molecule has 4 N–H and O–H groups in total. The van der Waals surface area contributed by atoms with Crippen LogP contribution in [-0.4, -0.2) is 34.8 Å². The van der Waals surface area contributed by atoms with E-state index in [1.54, 1.807) is 24.3 Å². The van der Waals surface area contributed by atoms with Crippen molar-refractivity contribution in [2.45, 2.75) is 33.0 Å². The summed E-state index contributed by atoms with van der Waals surface area (Å²) < 4.78 is 5.79. The van der Waals surface area contributed by atoms with Gasteiger partial charge >= 0.3 is 11.9 Å². The Morgan fingerprint density at radius 3 is 2.41 bits per heavy atom. The van der Waals surface area contributed by atoms with Crippen molar-refractivity contribution < 1.29 is 24.5 Å². The highest BCUT2D eigenvalue weighted by atomic mass is 16.5. The van der Waals surface area contributed by atoms with Crippen LogP contribution in [0.5, 0.6) is 5.75 Å². The summed E-state index contributed by atoms with van der Waals surface area (Å²) in [4.78, 5) is 24.5. The topological polar surface area (TPSA) is 132 Å². The number of carboxylic acids is 1. The molecule has 4 aromatic carbocycles. The zero-order valence-electron chi connectivity index (χ0n) is 22.8. The van der Waals surface area contributed by atoms with Crippen LogP contribution in [0.2, 0.25) is 0 Å². The fourth-order valence-corrected chi connectivity index (χ4v) is 4.54. The molecule has 4 rings (SSSR count). The molecule has 1 atom stereocenters. The van der Waals surface area contributed by atoms with Crippen molar-refractivity contribution in [3.8, 4) is 22.9 Å². The Hall–Kier alpha value is -4.97. The lowest BCUT2D eigenvalue weighted by molar-refractivity contribution is -0.140. The Morgan fingerprint density at radius 1 is 0.951 bits per heavy atom. The number of nitrogens with one attached hydrogen (secondary N) is 2. The first-order valence-corrected chi connectivity index (χ1v) is 13.1. The molecule has 0 saturated carbocycles. The van der Waals surface area contributed by atoms with Gasteiger partial charge in [-0.2, -0.15) is 5.26 Å². The summed E-state index contributed by atoms with van der Waals surface area (Å²) >= 11 is 0. The molecule has 0 saturated heterocycles. The van der Waals surface area contributed by atoms with Gasteiger partial charge in [-0.3, -0.25) is 10.1 Å². The summed E-state index contributed by atoms with van der Waals surface area (Å²) in [6, 6.07) is 27.0. The number of carboxylic acid groups (broad SMARTS) is 1. The molecule has 0 aromatic heterocycles. The number of aliphatic hydroxyl groups is 1. The maximum atomic E-state index is 13.0. The van der Waals surface area contributed by atoms with Gasteiger partial charge in [0.25, 0.3) is 0 Å². The van der Waals surface area contributed by atoms with Crippen LogP contribution >= 0.6 is 0 Å². The lowest BCUT2D eigenvalue weighted by atomic mass is 9.96. The quantitative estimate of drug-likeness (QED) is 0.148. The van der Waals surface area contributed by atoms with Crippen molar-refractivity contribution in [3.05, 3.63) is 118 Å². The van der Waals surface area contributed by atoms with Crippen LogP contribution < -0.4 is 15.4 Å². The van der Waals surface area contributed by atoms with Gasteiger partial charge in [-0.05, 0) is 65.9 Å². The van der Waals surface area contributed by atoms with Crippen molar-refractivity contribution in [3.63, 3.8) is 0 Å². The van der Waals surface area contributed by atoms with Gasteiger partial charge in [0.15, 0.2) is 0 Å². The van der Waals surface area contributed by atoms with Crippen LogP contribution in [-0.2, 0) is 17.9 Å². The predicted octanol–water partition coefficient (Wildman–Crippen LogP) is 5.21. The number of benzene rings is 4. The van der Waals surface area contributed by atoms with E-state index in [0.717, 1.165) is 27.8 Å². The molecule has 8 heteroatoms. The molecular weight excluding hydrogens is 518 g/mol. The number of aliphatic carboxylic acids is 1. The molecular formula is C33H31N3O5. The van der Waals surface area contributed by atoms with Gasteiger partial charge in [0.1, 0.15) is 11.8 Å². The van der Waals surface area contributed by atoms with Crippen LogP contribution in [0.25, 0.3) is 11.1 Å². The van der Waals surface area contributed by atoms with E-state index in [0.29, 0.717) is 23.4 Å². The number of aliphatic hydroxyl groups excluding tert-OH is 1. The van der Waals surface area contributed by atoms with E-state index >= 15 is 0 Å². The van der Waals surface area contributed by atoms with Crippen molar-refractivity contribution in [2.24, 2.45) is 0 Å². The molecule has 0 amide bonds. The maximum absolute atomic E-state index is 13.0. The van der Waals surface area contributed by atoms with Crippen LogP contribution in [0.15, 0.2) is 84.9 Å². The first-order chi connectivity index (χ1) is 19.8. The number of carbonyl (C=O) groups is 2. The first-order valence-electron chi connectivity index (χ1n) is 13.1. The van der Waals surface area contributed by atoms with Crippen molar-refractivity contribution in [1.29, 1.82) is 5.26 Å². The molecule has 0 heterocycles. The Bertz CT molecular complexity index is 1590. The second-order valence-corrected chi connectivity index (χ2v) is 9.62. The van der Waals surface area contributed by atoms with E-state index in [4.69, 9.17) is 4.74 Å². The minimum absolute atomic E-state index is 0.0444. The Morgan fingerprint density at radius 2 is 1.71 bits per heavy atom. The molecule has 0 radical (unpaired) electrons. The van der Waals surface area contributed by atoms with Gasteiger partial charge in [-0.25, -0.2) is 4.79 Å². The monoisotopic (exact) mass is 549 g/mol. The summed E-state index contributed by atoms with van der Waals surface area (Å²) in [6.07, 6.45) is 0. The van der Waals surface area contributed by atoms with E-state index in [2.05, 4.69) is 41.8 Å². The average Bonchev–Trinajstić information content (AvgIpc) is 2.98. The smallest absolute Gasteiger partial charge is 0.343 e. The molecule has 41 heavy (non-hydrogen) atoms. The molecule has 208 valence electrons. The lowest BCUT2D eigenvalue weighted by Gasteiger charge is -2.19. The summed E-state index contributed by atoms with van der Waals surface area (Å²) in [7, 11) is 0. The van der Waals surface area contributed by atoms with Crippen LogP contribution in [0.1, 0.15) is 38.2 Å². The maximum Gasteiger partial charge on any atom is 0.343 e. The Balaban J connectivity index is 1.62. The minimum atomic E-state index is -1.19. The molecule has 8 nitrogen and oxygen atoms in total. The fourth-order valence-electron chi connectivity index (χ4n) is 4.54. The molecule has 0 fully saturated rings. The van der Waals surface area contributed by atoms with Gasteiger partial charge in [0, 0.05) is 30.4 Å². The molecule has 4 aromatic rings. The Labute approximate surface area is 238 Å². The SMILES string of the molecule is Cc1cc(NCc2cccc(-c3ccccc3)c2C)cc(OC(=O)c2cccc(C#N)c2)c1CN[C@H](CO)C(=O)O. The number of nitrogens with zero attached hydrogens (tertiary/aromatic N) is 1. The van der Waals surface area contributed by atoms with Gasteiger partial charge in [-0.1, -0.05) is 54.6 Å². The zero-order chi connectivity index (χ0) is 29.4. The van der Waals surface area contributed by atoms with Crippen molar-refractivity contribution in [2.75, 3.05) is 11.9 Å². The standard InChI is InChI=1S/C33H31N3O5/c1-21-14-27(35-18-26-12-7-13-28(22(26)2)24-9-4-3-5-10-24)16-31(29(21)19-36-30(20-37)32(38)39)41-33(40)25-11-6-8-23(15-25)17-34/h3-16,30,35-37H,18-20H2,1-2H3,(H,38,39)/t30-/m1/s1. The normalized spacial score (nSPS) is 11.4. The fraction of sp³-hybridized carbons (Fsp3) is 0.182. The first kappa shape index (κ1) is 29.0. The van der Waals surface area contributed by atoms with Crippen molar-refractivity contribution in [1.82, 2.24) is 5.32 Å². The number of hydrogen-bond acceptors (Lipinski definition) is 7. The number of anilines is 1. The van der Waals surface area contributed by atoms with E-state index in [1.807, 2.05) is 43.3 Å². The third kappa shape index (κ3) is 7.17. The van der Waals surface area contributed by atoms with Crippen LogP contribution in [0.3, 0.4) is 0 Å². The molecule has 0 aliphatic heterocycles. The molecule has 0 aliphatic rings. The summed E-state index contributed by atoms with van der Waals surface area (Å²) in [6.45, 7) is 3.90. The predicted molar refractivity (Wildman–Crippen MR) is 157 cm³/mol. The Kier molecular flexibility index (Phi) is 9.48. The highest BCUT2D eigenvalue weighted by molar-refractivity contribution is 5.91. The van der Waals surface area contributed by atoms with E-state index in [1.165, 1.54) is 6.07 Å². The third-order valence-electron chi connectivity index (χ3n) is 6.88. The van der Waals surface area contributed by atoms with Gasteiger partial charge in [0.05, 0.1) is 23.8 Å². The number of carbonyl (C=O) groups excluding carboxylic acids is 1. The number of hydrogen-bond donors (Lipinski definition) is 4. The van der Waals surface area contributed by atoms with Crippen LogP contribution in [0, 0.1) is 25.2 Å². The van der Waals surface area contributed by atoms with E-state index < -0.39 is 24.6 Å². The summed E-state index contributed by atoms with van der Waals surface area (Å²) in [5, 5.41) is 34.2. The highest BCUT2D eigenvalue weighted by Gasteiger charge is 2.20. The lowest BCUT2D eigenvalue weighted by Crippen LogP contribution is -2.39. The minimum Gasteiger partial charge on any atom is -0.480 e. The molecule has 0 bridgehead atoms. The van der Waals surface area contributed by atoms with E-state index in [-0.39, 0.29) is 17.9 Å². The van der Waals surface area contributed by atoms with Crippen LogP contribution in [0.4, 0.5) is 5.69 Å². The number of ether oxygens (including phenoxy) is 1. The number of aryl methyl sites for hydroxylation is 1. The second-order valence-electron chi connectivity index (χ2n) is 9.62. The molecule has 0 spiro atoms.